The van der Waals surface area contributed by atoms with Crippen LogP contribution in [0.2, 0.25) is 0 Å². The molecule has 0 spiro atoms. The molecule has 0 aromatic rings. The van der Waals surface area contributed by atoms with Crippen LogP contribution >= 0.6 is 0 Å². The molecule has 3 rings (SSSR count). The lowest BCUT2D eigenvalue weighted by molar-refractivity contribution is -0.379. The lowest BCUT2D eigenvalue weighted by Gasteiger charge is -2.48. The molecule has 0 saturated carbocycles. The molecule has 3 fully saturated rings. The van der Waals surface area contributed by atoms with Gasteiger partial charge in [-0.1, -0.05) is 237 Å². The highest BCUT2D eigenvalue weighted by Gasteiger charge is 2.53. The molecule has 0 aliphatic carbocycles. The van der Waals surface area contributed by atoms with Crippen LogP contribution in [0.4, 0.5) is 0 Å². The number of aliphatic hydroxyl groups is 11. The van der Waals surface area contributed by atoms with E-state index in [0.29, 0.717) is 12.8 Å². The normalized spacial score (nSPS) is 27.6. The Hall–Kier alpha value is -4.33. The van der Waals surface area contributed by atoms with Gasteiger partial charge in [-0.2, -0.15) is 0 Å². The van der Waals surface area contributed by atoms with Gasteiger partial charge < -0.3 is 89.9 Å². The van der Waals surface area contributed by atoms with Gasteiger partial charge in [-0.15, -0.1) is 0 Å². The predicted molar refractivity (Wildman–Crippen MR) is 387 cm³/mol. The van der Waals surface area contributed by atoms with E-state index in [-0.39, 0.29) is 12.3 Å². The van der Waals surface area contributed by atoms with Gasteiger partial charge in [0.15, 0.2) is 18.9 Å². The number of amides is 1. The minimum absolute atomic E-state index is 0.199. The van der Waals surface area contributed by atoms with Crippen molar-refractivity contribution in [1.82, 2.24) is 5.32 Å². The van der Waals surface area contributed by atoms with Crippen LogP contribution in [0.3, 0.4) is 0 Å². The van der Waals surface area contributed by atoms with E-state index in [1.54, 1.807) is 6.08 Å². The molecule has 0 aromatic carbocycles. The zero-order valence-corrected chi connectivity index (χ0v) is 59.2. The minimum Gasteiger partial charge on any atom is -0.394 e. The van der Waals surface area contributed by atoms with E-state index in [9.17, 15) is 61.0 Å². The monoisotopic (exact) mass is 1380 g/mol. The summed E-state index contributed by atoms with van der Waals surface area (Å²) in [4.78, 5) is 13.4. The minimum atomic E-state index is -1.99. The quantitative estimate of drug-likeness (QED) is 0.0199. The molecule has 3 aliphatic heterocycles. The number of carbonyl (C=O) groups is 1. The van der Waals surface area contributed by atoms with E-state index < -0.39 is 131 Å². The highest BCUT2D eigenvalue weighted by molar-refractivity contribution is 5.76. The summed E-state index contributed by atoms with van der Waals surface area (Å²) in [6, 6.07) is -1.02. The molecular formula is C79H129NO18. The molecule has 0 bridgehead atoms. The maximum atomic E-state index is 13.4. The van der Waals surface area contributed by atoms with Gasteiger partial charge in [0.1, 0.15) is 73.2 Å². The van der Waals surface area contributed by atoms with Crippen molar-refractivity contribution in [2.24, 2.45) is 0 Å². The van der Waals surface area contributed by atoms with Crippen LogP contribution in [0.15, 0.2) is 146 Å². The molecule has 19 heteroatoms. The highest BCUT2D eigenvalue weighted by atomic mass is 16.8. The van der Waals surface area contributed by atoms with E-state index in [1.807, 2.05) is 6.08 Å². The second kappa shape index (κ2) is 58.2. The Labute approximate surface area is 587 Å². The maximum Gasteiger partial charge on any atom is 0.220 e. The lowest BCUT2D eigenvalue weighted by atomic mass is 9.96. The molecule has 3 aliphatic rings. The first kappa shape index (κ1) is 87.9. The van der Waals surface area contributed by atoms with Crippen LogP contribution in [-0.4, -0.2) is 193 Å². The Balaban J connectivity index is 1.43. The molecule has 558 valence electrons. The van der Waals surface area contributed by atoms with Gasteiger partial charge in [0.05, 0.1) is 38.6 Å². The van der Waals surface area contributed by atoms with Crippen molar-refractivity contribution in [3.05, 3.63) is 146 Å². The van der Waals surface area contributed by atoms with E-state index in [2.05, 4.69) is 153 Å². The summed E-state index contributed by atoms with van der Waals surface area (Å²) in [6.07, 6.45) is 56.7. The fraction of sp³-hybridized carbons (Fsp3) is 0.684. The number of aliphatic hydroxyl groups excluding tert-OH is 11. The van der Waals surface area contributed by atoms with Crippen molar-refractivity contribution in [3.8, 4) is 0 Å². The fourth-order valence-corrected chi connectivity index (χ4v) is 11.4. The summed E-state index contributed by atoms with van der Waals surface area (Å²) in [5, 5.41) is 121. The average Bonchev–Trinajstić information content (AvgIpc) is 0.782. The molecule has 17 unspecified atom stereocenters. The first-order chi connectivity index (χ1) is 47.8. The lowest BCUT2D eigenvalue weighted by Crippen LogP contribution is -2.66. The van der Waals surface area contributed by atoms with Crippen LogP contribution in [0.1, 0.15) is 213 Å². The third-order valence-electron chi connectivity index (χ3n) is 17.3. The number of unbranched alkanes of at least 4 members (excludes halogenated alkanes) is 17. The molecule has 98 heavy (non-hydrogen) atoms. The molecule has 0 radical (unpaired) electrons. The highest BCUT2D eigenvalue weighted by Crippen LogP contribution is 2.33. The molecule has 3 heterocycles. The smallest absolute Gasteiger partial charge is 0.220 e. The first-order valence-electron chi connectivity index (χ1n) is 37.1. The Morgan fingerprint density at radius 3 is 1.14 bits per heavy atom. The van der Waals surface area contributed by atoms with Gasteiger partial charge >= 0.3 is 0 Å². The largest absolute Gasteiger partial charge is 0.394 e. The van der Waals surface area contributed by atoms with Crippen LogP contribution in [0.5, 0.6) is 0 Å². The van der Waals surface area contributed by atoms with Crippen molar-refractivity contribution < 1.29 is 89.4 Å². The van der Waals surface area contributed by atoms with E-state index >= 15 is 0 Å². The number of hydrogen-bond acceptors (Lipinski definition) is 18. The van der Waals surface area contributed by atoms with Crippen LogP contribution < -0.4 is 5.32 Å². The summed E-state index contributed by atoms with van der Waals surface area (Å²) in [7, 11) is 0. The number of carbonyl (C=O) groups excluding carboxylic acids is 1. The molecule has 3 saturated heterocycles. The summed E-state index contributed by atoms with van der Waals surface area (Å²) in [5.41, 5.74) is 0. The zero-order chi connectivity index (χ0) is 71.1. The predicted octanol–water partition coefficient (Wildman–Crippen LogP) is 11.1. The van der Waals surface area contributed by atoms with Crippen LogP contribution in [-0.2, 0) is 33.2 Å². The molecule has 1 amide bonds. The number of rotatable bonds is 55. The maximum absolute atomic E-state index is 13.4. The van der Waals surface area contributed by atoms with Gasteiger partial charge in [-0.25, -0.2) is 0 Å². The standard InChI is InChI=1S/C79H129NO18/c1-3-5-7-9-11-13-15-17-19-21-23-25-26-27-28-29-30-31-32-33-34-35-36-37-39-41-43-45-47-49-51-53-55-57-67(85)80-62(63(84)56-54-52-50-48-46-44-42-40-38-24-22-20-18-16-14-12-10-8-6-4-2)61-93-77-73(91)70(88)75(65(59-82)95-77)98-79-74(92)71(89)76(66(60-83)96-79)97-78-72(90)69(87)68(86)64(58-81)94-78/h5,7,11,13,17,19,23,25,27-28,30-31,33-34,36-38,40-41,43,46,48,54,56,62-66,68-79,81-84,86-92H,3-4,6,8-10,12,14-16,18,20-22,24,26,29,32,35,39,42,44-45,47,49-53,55,57-61H2,1-2H3,(H,80,85)/b7-5-,13-11-,19-17-,25-23-,28-27-,31-30-,34-33-,37-36-,40-38+,43-41-,48-46+,56-54+. The van der Waals surface area contributed by atoms with Crippen LogP contribution in [0.25, 0.3) is 0 Å². The molecular weight excluding hydrogens is 1250 g/mol. The van der Waals surface area contributed by atoms with Crippen molar-refractivity contribution in [2.75, 3.05) is 26.4 Å². The SMILES string of the molecule is CC/C=C\C/C=C\C/C=C\C/C=C\C/C=C\C/C=C\C/C=C\C/C=C\C/C=C\CCCCCCCC(=O)NC(COC1OC(CO)C(OC2OC(CO)C(OC3OC(CO)C(O)C(O)C3O)C(O)C2O)C(O)C1O)C(O)/C=C/CC/C=C/CC/C=C/CCCCCCCCCCCC. The number of hydrogen-bond donors (Lipinski definition) is 12. The summed E-state index contributed by atoms with van der Waals surface area (Å²) in [5.74, 6) is -0.315. The van der Waals surface area contributed by atoms with E-state index in [4.69, 9.17) is 28.4 Å². The molecule has 12 N–H and O–H groups in total. The van der Waals surface area contributed by atoms with Gasteiger partial charge in [-0.3, -0.25) is 4.79 Å². The number of ether oxygens (including phenoxy) is 6. The van der Waals surface area contributed by atoms with E-state index in [1.165, 1.54) is 64.2 Å². The number of allylic oxidation sites excluding steroid dienone is 23. The molecule has 0 aromatic heterocycles. The Morgan fingerprint density at radius 1 is 0.378 bits per heavy atom. The molecule has 17 atom stereocenters. The molecule has 19 nitrogen and oxygen atoms in total. The Morgan fingerprint density at radius 2 is 0.714 bits per heavy atom. The third-order valence-corrected chi connectivity index (χ3v) is 17.3. The zero-order valence-electron chi connectivity index (χ0n) is 59.2. The van der Waals surface area contributed by atoms with Crippen molar-refractivity contribution in [2.45, 2.75) is 317 Å². The Kier molecular flexibility index (Phi) is 52.2. The third kappa shape index (κ3) is 38.6. The summed E-state index contributed by atoms with van der Waals surface area (Å²) >= 11 is 0. The first-order valence-corrected chi connectivity index (χ1v) is 37.1. The topological polar surface area (TPSA) is 307 Å². The second-order valence-electron chi connectivity index (χ2n) is 25.6. The summed E-state index contributed by atoms with van der Waals surface area (Å²) < 4.78 is 34.3. The van der Waals surface area contributed by atoms with E-state index in [0.717, 1.165) is 116 Å². The van der Waals surface area contributed by atoms with Gasteiger partial charge in [0, 0.05) is 6.42 Å². The summed E-state index contributed by atoms with van der Waals surface area (Å²) in [6.45, 7) is 1.56. The Bertz CT molecular complexity index is 2340. The van der Waals surface area contributed by atoms with Crippen molar-refractivity contribution in [1.29, 1.82) is 0 Å². The van der Waals surface area contributed by atoms with Gasteiger partial charge in [-0.05, 0) is 116 Å². The average molecular weight is 1380 g/mol. The van der Waals surface area contributed by atoms with Crippen molar-refractivity contribution in [3.63, 3.8) is 0 Å². The number of nitrogens with one attached hydrogen (secondary N) is 1. The second-order valence-corrected chi connectivity index (χ2v) is 25.6. The van der Waals surface area contributed by atoms with Gasteiger partial charge in [0.25, 0.3) is 0 Å². The van der Waals surface area contributed by atoms with Crippen molar-refractivity contribution >= 4 is 5.91 Å². The van der Waals surface area contributed by atoms with Crippen LogP contribution in [0, 0.1) is 0 Å². The van der Waals surface area contributed by atoms with Gasteiger partial charge in [0.2, 0.25) is 5.91 Å². The fourth-order valence-electron chi connectivity index (χ4n) is 11.4.